The van der Waals surface area contributed by atoms with Gasteiger partial charge in [0.1, 0.15) is 9.24 Å². The number of aromatic nitrogens is 4. The van der Waals surface area contributed by atoms with E-state index in [-0.39, 0.29) is 0 Å². The lowest BCUT2D eigenvalue weighted by Crippen LogP contribution is -2.38. The largest absolute Gasteiger partial charge is 0.293 e. The number of nitrogens with zero attached hydrogens (tertiary/aromatic N) is 4. The van der Waals surface area contributed by atoms with E-state index in [2.05, 4.69) is 117 Å². The van der Waals surface area contributed by atoms with Gasteiger partial charge >= 0.3 is 0 Å². The first-order chi connectivity index (χ1) is 17.2. The first kappa shape index (κ1) is 22.1. The molecule has 0 spiro atoms. The normalized spacial score (nSPS) is 11.7. The van der Waals surface area contributed by atoms with Gasteiger partial charge in [-0.2, -0.15) is 5.10 Å². The summed E-state index contributed by atoms with van der Waals surface area (Å²) in [5, 5.41) is 5.57. The van der Waals surface area contributed by atoms with Gasteiger partial charge in [-0.15, -0.1) is 0 Å². The molecule has 0 atom stereocenters. The van der Waals surface area contributed by atoms with Gasteiger partial charge in [0.25, 0.3) is 0 Å². The maximum atomic E-state index is 6.60. The van der Waals surface area contributed by atoms with Crippen LogP contribution in [0.2, 0.25) is 5.02 Å². The quantitative estimate of drug-likeness (QED) is 0.157. The van der Waals surface area contributed by atoms with Crippen molar-refractivity contribution in [2.45, 2.75) is 5.54 Å². The summed E-state index contributed by atoms with van der Waals surface area (Å²) >= 11 is 8.86. The van der Waals surface area contributed by atoms with Gasteiger partial charge in [0.15, 0.2) is 5.65 Å². The number of hydrogen-bond acceptors (Lipinski definition) is 2. The average molecular weight is 587 g/mol. The molecule has 0 unspecified atom stereocenters. The molecule has 3 heterocycles. The van der Waals surface area contributed by atoms with Gasteiger partial charge in [-0.25, -0.2) is 4.98 Å². The van der Waals surface area contributed by atoms with Crippen LogP contribution in [0.25, 0.3) is 16.8 Å². The molecule has 170 valence electrons. The Morgan fingerprint density at radius 3 is 1.77 bits per heavy atom. The molecule has 0 saturated carbocycles. The predicted molar refractivity (Wildman–Crippen MR) is 149 cm³/mol. The Bertz CT molecular complexity index is 1510. The number of imidazole rings is 1. The van der Waals surface area contributed by atoms with Crippen molar-refractivity contribution in [1.82, 2.24) is 19.2 Å². The minimum atomic E-state index is -0.653. The zero-order valence-corrected chi connectivity index (χ0v) is 21.5. The fourth-order valence-electron chi connectivity index (χ4n) is 4.77. The summed E-state index contributed by atoms with van der Waals surface area (Å²) in [4.78, 5) is 4.42. The Balaban J connectivity index is 1.62. The van der Waals surface area contributed by atoms with E-state index in [4.69, 9.17) is 16.7 Å². The van der Waals surface area contributed by atoms with Gasteiger partial charge in [-0.1, -0.05) is 103 Å². The third-order valence-corrected chi connectivity index (χ3v) is 7.43. The molecule has 4 nitrogen and oxygen atoms in total. The third-order valence-electron chi connectivity index (χ3n) is 6.35. The second kappa shape index (κ2) is 8.98. The van der Waals surface area contributed by atoms with Gasteiger partial charge in [-0.05, 0) is 45.3 Å². The summed E-state index contributed by atoms with van der Waals surface area (Å²) < 4.78 is 5.08. The van der Waals surface area contributed by atoms with Gasteiger partial charge < -0.3 is 0 Å². The van der Waals surface area contributed by atoms with Crippen molar-refractivity contribution in [3.63, 3.8) is 0 Å². The Hall–Kier alpha value is -3.42. The fourth-order valence-corrected chi connectivity index (χ4v) is 5.53. The van der Waals surface area contributed by atoms with Gasteiger partial charge in [0.05, 0.1) is 17.4 Å². The van der Waals surface area contributed by atoms with Crippen molar-refractivity contribution < 1.29 is 0 Å². The van der Waals surface area contributed by atoms with E-state index < -0.39 is 5.54 Å². The van der Waals surface area contributed by atoms with Crippen molar-refractivity contribution in [2.24, 2.45) is 0 Å². The predicted octanol–water partition coefficient (Wildman–Crippen LogP) is 7.30. The number of fused-ring (bicyclic) bond motifs is 1. The highest BCUT2D eigenvalue weighted by atomic mass is 127. The Labute approximate surface area is 222 Å². The number of halogens is 2. The summed E-state index contributed by atoms with van der Waals surface area (Å²) in [6.45, 7) is 0. The lowest BCUT2D eigenvalue weighted by Gasteiger charge is -2.36. The zero-order valence-electron chi connectivity index (χ0n) is 18.6. The van der Waals surface area contributed by atoms with Gasteiger partial charge in [0.2, 0.25) is 0 Å². The van der Waals surface area contributed by atoms with Crippen molar-refractivity contribution >= 4 is 39.8 Å². The van der Waals surface area contributed by atoms with Crippen LogP contribution in [0.3, 0.4) is 0 Å². The summed E-state index contributed by atoms with van der Waals surface area (Å²) in [6, 6.07) is 33.5. The minimum Gasteiger partial charge on any atom is -0.293 e. The summed E-state index contributed by atoms with van der Waals surface area (Å²) in [5.74, 6) is 0. The molecule has 0 amide bonds. The molecule has 0 saturated heterocycles. The average Bonchev–Trinajstić information content (AvgIpc) is 3.55. The molecule has 0 radical (unpaired) electrons. The minimum absolute atomic E-state index is 0.610. The molecule has 0 bridgehead atoms. The van der Waals surface area contributed by atoms with E-state index in [0.717, 1.165) is 37.2 Å². The summed E-state index contributed by atoms with van der Waals surface area (Å²) in [7, 11) is 0. The highest BCUT2D eigenvalue weighted by Gasteiger charge is 2.39. The summed E-state index contributed by atoms with van der Waals surface area (Å²) in [6.07, 6.45) is 7.89. The molecule has 6 heteroatoms. The second-order valence-electron chi connectivity index (χ2n) is 8.33. The van der Waals surface area contributed by atoms with E-state index in [0.29, 0.717) is 5.02 Å². The van der Waals surface area contributed by atoms with Crippen molar-refractivity contribution in [3.8, 4) is 11.1 Å². The molecule has 3 aromatic heterocycles. The molecule has 0 aliphatic carbocycles. The van der Waals surface area contributed by atoms with Crippen LogP contribution in [-0.2, 0) is 5.54 Å². The molecule has 0 aliphatic rings. The van der Waals surface area contributed by atoms with Crippen molar-refractivity contribution in [3.05, 3.63) is 147 Å². The maximum absolute atomic E-state index is 6.60. The Morgan fingerprint density at radius 2 is 1.23 bits per heavy atom. The molecule has 6 rings (SSSR count). The molecule has 35 heavy (non-hydrogen) atoms. The van der Waals surface area contributed by atoms with Crippen LogP contribution >= 0.6 is 34.2 Å². The Morgan fingerprint density at radius 1 is 0.686 bits per heavy atom. The molecule has 0 aliphatic heterocycles. The second-order valence-corrected chi connectivity index (χ2v) is 9.85. The molecule has 0 N–H and O–H groups in total. The van der Waals surface area contributed by atoms with Crippen molar-refractivity contribution in [1.29, 1.82) is 0 Å². The molecular formula is C29H20ClIN4. The molecular weight excluding hydrogens is 567 g/mol. The van der Waals surface area contributed by atoms with E-state index in [1.807, 2.05) is 41.1 Å². The highest BCUT2D eigenvalue weighted by molar-refractivity contribution is 14.1. The highest BCUT2D eigenvalue weighted by Crippen LogP contribution is 2.41. The fraction of sp³-hybridized carbons (Fsp3) is 0.0345. The van der Waals surface area contributed by atoms with Crippen LogP contribution < -0.4 is 0 Å². The van der Waals surface area contributed by atoms with Crippen LogP contribution in [0.4, 0.5) is 0 Å². The number of benzene rings is 3. The molecule has 6 aromatic rings. The van der Waals surface area contributed by atoms with E-state index in [9.17, 15) is 0 Å². The van der Waals surface area contributed by atoms with Gasteiger partial charge in [-0.3, -0.25) is 9.08 Å². The SMILES string of the molecule is Clc1cc(-c2cnn(C(c3ccccc3)(c3ccccc3)c3ccccc3)c2)cn2c(I)cnc12. The molecule has 0 fully saturated rings. The van der Waals surface area contributed by atoms with Crippen LogP contribution in [0.5, 0.6) is 0 Å². The first-order valence-electron chi connectivity index (χ1n) is 11.2. The smallest absolute Gasteiger partial charge is 0.156 e. The van der Waals surface area contributed by atoms with E-state index >= 15 is 0 Å². The lowest BCUT2D eigenvalue weighted by atomic mass is 9.77. The van der Waals surface area contributed by atoms with Crippen LogP contribution in [0, 0.1) is 3.70 Å². The number of pyridine rings is 1. The first-order valence-corrected chi connectivity index (χ1v) is 12.7. The van der Waals surface area contributed by atoms with Crippen molar-refractivity contribution in [2.75, 3.05) is 0 Å². The molecule has 3 aromatic carbocycles. The Kier molecular flexibility index (Phi) is 5.66. The van der Waals surface area contributed by atoms with E-state index in [1.165, 1.54) is 0 Å². The third kappa shape index (κ3) is 3.66. The maximum Gasteiger partial charge on any atom is 0.156 e. The van der Waals surface area contributed by atoms with E-state index in [1.54, 1.807) is 0 Å². The van der Waals surface area contributed by atoms with Crippen LogP contribution in [0.1, 0.15) is 16.7 Å². The lowest BCUT2D eigenvalue weighted by molar-refractivity contribution is 0.460. The monoisotopic (exact) mass is 586 g/mol. The van der Waals surface area contributed by atoms with Gasteiger partial charge in [0, 0.05) is 23.5 Å². The zero-order chi connectivity index (χ0) is 23.8. The topological polar surface area (TPSA) is 35.1 Å². The number of hydrogen-bond donors (Lipinski definition) is 0. The summed E-state index contributed by atoms with van der Waals surface area (Å²) in [5.41, 5.74) is 5.44. The standard InChI is InChI=1S/C29H20ClIN4/c30-26-16-21(19-34-27(31)18-32-28(26)34)22-17-33-35(20-22)29(23-10-4-1-5-11-23,24-12-6-2-7-13-24)25-14-8-3-9-15-25/h1-20H. The van der Waals surface area contributed by atoms with Crippen LogP contribution in [-0.4, -0.2) is 19.2 Å². The number of rotatable bonds is 5. The van der Waals surface area contributed by atoms with Crippen LogP contribution in [0.15, 0.2) is 122 Å².